The molecule has 4 atom stereocenters. The average molecular weight is 248 g/mol. The zero-order valence-corrected chi connectivity index (χ0v) is 9.66. The first-order chi connectivity index (χ1) is 7.90. The van der Waals surface area contributed by atoms with Crippen LogP contribution in [0.5, 0.6) is 0 Å². The predicted octanol–water partition coefficient (Wildman–Crippen LogP) is -1.05. The molecule has 0 aromatic carbocycles. The number of aliphatic hydroxyl groups excluding tert-OH is 2. The monoisotopic (exact) mass is 248 g/mol. The predicted molar refractivity (Wildman–Crippen MR) is 53.7 cm³/mol. The van der Waals surface area contributed by atoms with Crippen molar-refractivity contribution in [1.29, 1.82) is 0 Å². The Labute approximate surface area is 98.3 Å². The van der Waals surface area contributed by atoms with Crippen LogP contribution in [-0.2, 0) is 23.8 Å². The van der Waals surface area contributed by atoms with E-state index in [9.17, 15) is 19.8 Å². The minimum absolute atomic E-state index is 0.0610. The third-order valence-electron chi connectivity index (χ3n) is 2.27. The molecule has 0 aromatic rings. The lowest BCUT2D eigenvalue weighted by Crippen LogP contribution is -2.52. The third-order valence-corrected chi connectivity index (χ3v) is 2.27. The van der Waals surface area contributed by atoms with E-state index in [1.807, 2.05) is 0 Å². The highest BCUT2D eigenvalue weighted by Crippen LogP contribution is 2.22. The molecule has 0 aromatic heterocycles. The molecule has 0 radical (unpaired) electrons. The van der Waals surface area contributed by atoms with Crippen molar-refractivity contribution >= 4 is 11.9 Å². The van der Waals surface area contributed by atoms with E-state index in [-0.39, 0.29) is 13.0 Å². The fraction of sp³-hybridized carbons (Fsp3) is 0.800. The van der Waals surface area contributed by atoms with Crippen LogP contribution in [0.25, 0.3) is 0 Å². The van der Waals surface area contributed by atoms with E-state index in [2.05, 4.69) is 0 Å². The highest BCUT2D eigenvalue weighted by molar-refractivity contribution is 5.66. The lowest BCUT2D eigenvalue weighted by Gasteiger charge is -2.36. The third kappa shape index (κ3) is 4.29. The maximum Gasteiger partial charge on any atom is 0.303 e. The van der Waals surface area contributed by atoms with Gasteiger partial charge in [-0.3, -0.25) is 9.59 Å². The summed E-state index contributed by atoms with van der Waals surface area (Å²) in [5.74, 6) is -1.11. The van der Waals surface area contributed by atoms with Gasteiger partial charge in [0.25, 0.3) is 0 Å². The largest absolute Gasteiger partial charge is 0.463 e. The van der Waals surface area contributed by atoms with Gasteiger partial charge in [-0.25, -0.2) is 0 Å². The van der Waals surface area contributed by atoms with Gasteiger partial charge in [-0.15, -0.1) is 0 Å². The Morgan fingerprint density at radius 3 is 2.47 bits per heavy atom. The summed E-state index contributed by atoms with van der Waals surface area (Å²) in [6.45, 7) is 2.22. The second kappa shape index (κ2) is 5.95. The Balaban J connectivity index is 2.64. The highest BCUT2D eigenvalue weighted by Gasteiger charge is 2.40. The number of ether oxygens (including phenoxy) is 3. The molecule has 2 N–H and O–H groups in total. The number of rotatable bonds is 3. The van der Waals surface area contributed by atoms with Crippen molar-refractivity contribution in [3.63, 3.8) is 0 Å². The lowest BCUT2D eigenvalue weighted by atomic mass is 10.0. The molecule has 1 heterocycles. The van der Waals surface area contributed by atoms with Crippen LogP contribution < -0.4 is 0 Å². The molecule has 1 saturated heterocycles. The van der Waals surface area contributed by atoms with Crippen molar-refractivity contribution in [2.75, 3.05) is 6.61 Å². The van der Waals surface area contributed by atoms with Crippen molar-refractivity contribution in [2.45, 2.75) is 44.9 Å². The summed E-state index contributed by atoms with van der Waals surface area (Å²) in [7, 11) is 0. The Morgan fingerprint density at radius 1 is 1.29 bits per heavy atom. The van der Waals surface area contributed by atoms with E-state index >= 15 is 0 Å². The second-order valence-corrected chi connectivity index (χ2v) is 3.81. The quantitative estimate of drug-likeness (QED) is 0.614. The van der Waals surface area contributed by atoms with Gasteiger partial charge in [-0.2, -0.15) is 0 Å². The Morgan fingerprint density at radius 2 is 1.94 bits per heavy atom. The minimum Gasteiger partial charge on any atom is -0.463 e. The van der Waals surface area contributed by atoms with Crippen LogP contribution in [0.3, 0.4) is 0 Å². The number of hydrogen-bond donors (Lipinski definition) is 2. The van der Waals surface area contributed by atoms with Crippen molar-refractivity contribution < 1.29 is 34.0 Å². The maximum atomic E-state index is 10.9. The van der Waals surface area contributed by atoms with E-state index in [4.69, 9.17) is 14.2 Å². The van der Waals surface area contributed by atoms with Crippen molar-refractivity contribution in [1.82, 2.24) is 0 Å². The van der Waals surface area contributed by atoms with Gasteiger partial charge in [0.15, 0.2) is 12.4 Å². The summed E-state index contributed by atoms with van der Waals surface area (Å²) in [6, 6.07) is 0. The van der Waals surface area contributed by atoms with Crippen LogP contribution in [0, 0.1) is 0 Å². The van der Waals surface area contributed by atoms with Gasteiger partial charge in [-0.1, -0.05) is 0 Å². The van der Waals surface area contributed by atoms with Gasteiger partial charge in [0.2, 0.25) is 0 Å². The fourth-order valence-corrected chi connectivity index (χ4v) is 1.60. The van der Waals surface area contributed by atoms with Crippen LogP contribution in [0.15, 0.2) is 0 Å². The van der Waals surface area contributed by atoms with Gasteiger partial charge < -0.3 is 24.4 Å². The van der Waals surface area contributed by atoms with Crippen LogP contribution in [0.4, 0.5) is 0 Å². The fourth-order valence-electron chi connectivity index (χ4n) is 1.60. The smallest absolute Gasteiger partial charge is 0.303 e. The minimum atomic E-state index is -1.17. The van der Waals surface area contributed by atoms with Gasteiger partial charge in [0.05, 0.1) is 6.10 Å². The van der Waals surface area contributed by atoms with E-state index in [0.717, 1.165) is 0 Å². The molecule has 1 rings (SSSR count). The van der Waals surface area contributed by atoms with Gasteiger partial charge >= 0.3 is 11.9 Å². The highest BCUT2D eigenvalue weighted by atomic mass is 16.7. The summed E-state index contributed by atoms with van der Waals surface area (Å²) >= 11 is 0. The van der Waals surface area contributed by atoms with Crippen molar-refractivity contribution in [3.05, 3.63) is 0 Å². The molecule has 0 aliphatic carbocycles. The Hall–Kier alpha value is -1.18. The van der Waals surface area contributed by atoms with Crippen molar-refractivity contribution in [2.24, 2.45) is 0 Å². The average Bonchev–Trinajstić information content (AvgIpc) is 2.18. The molecule has 17 heavy (non-hydrogen) atoms. The molecule has 0 bridgehead atoms. The zero-order valence-electron chi connectivity index (χ0n) is 9.66. The molecular weight excluding hydrogens is 232 g/mol. The van der Waals surface area contributed by atoms with Crippen LogP contribution in [0.2, 0.25) is 0 Å². The molecule has 1 unspecified atom stereocenters. The number of esters is 2. The Bertz CT molecular complexity index is 290. The topological polar surface area (TPSA) is 102 Å². The molecule has 0 amide bonds. The summed E-state index contributed by atoms with van der Waals surface area (Å²) in [6.07, 6.45) is -4.11. The van der Waals surface area contributed by atoms with Crippen LogP contribution >= 0.6 is 0 Å². The molecule has 1 aliphatic rings. The molecule has 98 valence electrons. The van der Waals surface area contributed by atoms with Gasteiger partial charge in [0.1, 0.15) is 12.7 Å². The first kappa shape index (κ1) is 13.9. The maximum absolute atomic E-state index is 10.9. The lowest BCUT2D eigenvalue weighted by molar-refractivity contribution is -0.248. The SMILES string of the molecule is CC(=O)OC[C@H]1OC(O)C[C@@H](O)[C@H]1OC(C)=O. The normalized spacial score (nSPS) is 32.9. The first-order valence-electron chi connectivity index (χ1n) is 5.22. The molecule has 0 saturated carbocycles. The summed E-state index contributed by atoms with van der Waals surface area (Å²) in [5.41, 5.74) is 0. The number of carbonyl (C=O) groups excluding carboxylic acids is 2. The summed E-state index contributed by atoms with van der Waals surface area (Å²) in [4.78, 5) is 21.5. The standard InChI is InChI=1S/C10H16O7/c1-5(11)15-4-8-10(16-6(2)12)7(13)3-9(14)17-8/h7-10,13-14H,3-4H2,1-2H3/t7-,8-,9?,10-/m1/s1. The summed E-state index contributed by atoms with van der Waals surface area (Å²) < 4.78 is 14.7. The van der Waals surface area contributed by atoms with E-state index in [0.29, 0.717) is 0 Å². The van der Waals surface area contributed by atoms with Crippen molar-refractivity contribution in [3.8, 4) is 0 Å². The molecular formula is C10H16O7. The van der Waals surface area contributed by atoms with Crippen LogP contribution in [0.1, 0.15) is 20.3 Å². The van der Waals surface area contributed by atoms with E-state index in [1.165, 1.54) is 13.8 Å². The zero-order chi connectivity index (χ0) is 13.0. The number of carbonyl (C=O) groups is 2. The van der Waals surface area contributed by atoms with Crippen LogP contribution in [-0.4, -0.2) is 53.4 Å². The number of aliphatic hydroxyl groups is 2. The molecule has 7 heteroatoms. The van der Waals surface area contributed by atoms with E-state index in [1.54, 1.807) is 0 Å². The second-order valence-electron chi connectivity index (χ2n) is 3.81. The molecule has 1 aliphatic heterocycles. The summed E-state index contributed by atoms with van der Waals surface area (Å²) in [5, 5.41) is 19.0. The molecule has 0 spiro atoms. The molecule has 7 nitrogen and oxygen atoms in total. The molecule has 1 fully saturated rings. The van der Waals surface area contributed by atoms with Gasteiger partial charge in [0, 0.05) is 20.3 Å². The Kier molecular flexibility index (Phi) is 4.86. The van der Waals surface area contributed by atoms with E-state index < -0.39 is 36.5 Å². The first-order valence-corrected chi connectivity index (χ1v) is 5.22. The van der Waals surface area contributed by atoms with Gasteiger partial charge in [-0.05, 0) is 0 Å². The number of hydrogen-bond acceptors (Lipinski definition) is 7.